The first-order valence-corrected chi connectivity index (χ1v) is 11.1. The van der Waals surface area contributed by atoms with Crippen LogP contribution >= 0.6 is 23.1 Å². The number of benzene rings is 1. The largest absolute Gasteiger partial charge is 0.320 e. The number of carbonyl (C=O) groups excluding carboxylic acids is 1. The Balaban J connectivity index is 1.87. The van der Waals surface area contributed by atoms with Crippen LogP contribution in [-0.2, 0) is 4.79 Å². The highest BCUT2D eigenvalue weighted by Crippen LogP contribution is 2.30. The Kier molecular flexibility index (Phi) is 6.27. The second kappa shape index (κ2) is 8.57. The third-order valence-electron chi connectivity index (χ3n) is 4.68. The lowest BCUT2D eigenvalue weighted by Crippen LogP contribution is -2.25. The molecule has 2 aromatic heterocycles. The number of nitro benzene ring substituents is 1. The topological polar surface area (TPSA) is 107 Å². The molecule has 2 heterocycles. The number of carbonyl (C=O) groups is 1. The average molecular weight is 447 g/mol. The van der Waals surface area contributed by atoms with Gasteiger partial charge in [-0.25, -0.2) is 4.98 Å². The van der Waals surface area contributed by atoms with Crippen molar-refractivity contribution in [2.45, 2.75) is 45.8 Å². The molecular formula is C20H22N4O4S2. The Labute approximate surface area is 181 Å². The molecule has 1 aromatic carbocycles. The number of anilines is 1. The number of nitrogens with one attached hydrogen (secondary N) is 1. The minimum atomic E-state index is -0.525. The number of nitrogens with zero attached hydrogens (tertiary/aromatic N) is 3. The number of aromatic nitrogens is 2. The fourth-order valence-corrected chi connectivity index (χ4v) is 5.06. The van der Waals surface area contributed by atoms with E-state index in [9.17, 15) is 19.7 Å². The molecule has 0 aliphatic heterocycles. The van der Waals surface area contributed by atoms with Gasteiger partial charge < -0.3 is 5.32 Å². The maximum absolute atomic E-state index is 13.1. The molecule has 30 heavy (non-hydrogen) atoms. The number of hydrogen-bond donors (Lipinski definition) is 1. The van der Waals surface area contributed by atoms with Crippen molar-refractivity contribution in [1.82, 2.24) is 9.55 Å². The summed E-state index contributed by atoms with van der Waals surface area (Å²) >= 11 is 2.60. The third kappa shape index (κ3) is 4.24. The number of amides is 1. The van der Waals surface area contributed by atoms with E-state index in [2.05, 4.69) is 10.3 Å². The van der Waals surface area contributed by atoms with Gasteiger partial charge in [-0.3, -0.25) is 24.3 Å². The molecule has 0 atom stereocenters. The van der Waals surface area contributed by atoms with Gasteiger partial charge in [0.25, 0.3) is 11.2 Å². The van der Waals surface area contributed by atoms with Gasteiger partial charge in [0, 0.05) is 17.0 Å². The van der Waals surface area contributed by atoms with E-state index >= 15 is 0 Å². The molecule has 1 amide bonds. The van der Waals surface area contributed by atoms with Crippen LogP contribution in [0.2, 0.25) is 0 Å². The fraction of sp³-hybridized carbons (Fsp3) is 0.350. The third-order valence-corrected chi connectivity index (χ3v) is 6.73. The van der Waals surface area contributed by atoms with E-state index in [-0.39, 0.29) is 28.7 Å². The molecule has 0 saturated heterocycles. The fourth-order valence-electron chi connectivity index (χ4n) is 3.06. The summed E-state index contributed by atoms with van der Waals surface area (Å²) in [4.78, 5) is 42.6. The van der Waals surface area contributed by atoms with Gasteiger partial charge in [0.1, 0.15) is 10.5 Å². The minimum absolute atomic E-state index is 0.0287. The van der Waals surface area contributed by atoms with Crippen LogP contribution in [0, 0.1) is 30.9 Å². The summed E-state index contributed by atoms with van der Waals surface area (Å²) in [6, 6.07) is 4.50. The van der Waals surface area contributed by atoms with Crippen molar-refractivity contribution in [3.63, 3.8) is 0 Å². The van der Waals surface area contributed by atoms with E-state index in [0.717, 1.165) is 27.8 Å². The first-order valence-electron chi connectivity index (χ1n) is 9.30. The lowest BCUT2D eigenvalue weighted by Gasteiger charge is -2.15. The lowest BCUT2D eigenvalue weighted by molar-refractivity contribution is -0.384. The highest BCUT2D eigenvalue weighted by Gasteiger charge is 2.20. The van der Waals surface area contributed by atoms with Gasteiger partial charge in [0.2, 0.25) is 5.91 Å². The zero-order valence-electron chi connectivity index (χ0n) is 17.3. The molecule has 0 fully saturated rings. The zero-order chi connectivity index (χ0) is 22.2. The van der Waals surface area contributed by atoms with Gasteiger partial charge in [0.05, 0.1) is 16.1 Å². The predicted molar refractivity (Wildman–Crippen MR) is 121 cm³/mol. The molecule has 8 nitrogen and oxygen atoms in total. The molecule has 0 saturated carbocycles. The predicted octanol–water partition coefficient (Wildman–Crippen LogP) is 4.60. The number of nitro groups is 1. The first-order chi connectivity index (χ1) is 14.1. The summed E-state index contributed by atoms with van der Waals surface area (Å²) in [5, 5.41) is 14.9. The molecule has 0 aliphatic rings. The molecule has 1 N–H and O–H groups in total. The van der Waals surface area contributed by atoms with Crippen molar-refractivity contribution in [3.8, 4) is 0 Å². The number of hydrogen-bond acceptors (Lipinski definition) is 7. The van der Waals surface area contributed by atoms with Crippen molar-refractivity contribution in [2.24, 2.45) is 0 Å². The molecule has 0 radical (unpaired) electrons. The van der Waals surface area contributed by atoms with Gasteiger partial charge in [-0.2, -0.15) is 0 Å². The molecule has 0 spiro atoms. The highest BCUT2D eigenvalue weighted by atomic mass is 32.2. The number of thioether (sulfide) groups is 1. The maximum atomic E-state index is 13.1. The van der Waals surface area contributed by atoms with Crippen LogP contribution in [0.1, 0.15) is 35.9 Å². The standard InChI is InChI=1S/C20H22N4O4S2/c1-10(2)23-19(26)17-12(4)13(5)30-18(17)22-20(23)29-9-16(25)21-14-7-6-11(3)8-15(14)24(27)28/h6-8,10H,9H2,1-5H3,(H,21,25). The summed E-state index contributed by atoms with van der Waals surface area (Å²) < 4.78 is 1.59. The molecule has 0 bridgehead atoms. The lowest BCUT2D eigenvalue weighted by atomic mass is 10.2. The van der Waals surface area contributed by atoms with Crippen molar-refractivity contribution >= 4 is 50.6 Å². The monoisotopic (exact) mass is 446 g/mol. The molecule has 0 aliphatic carbocycles. The van der Waals surface area contributed by atoms with Crippen LogP contribution < -0.4 is 10.9 Å². The maximum Gasteiger partial charge on any atom is 0.293 e. The molecule has 3 rings (SSSR count). The molecule has 158 valence electrons. The summed E-state index contributed by atoms with van der Waals surface area (Å²) in [5.41, 5.74) is 1.53. The van der Waals surface area contributed by atoms with E-state index in [1.54, 1.807) is 17.6 Å². The summed E-state index contributed by atoms with van der Waals surface area (Å²) in [6.07, 6.45) is 0. The zero-order valence-corrected chi connectivity index (χ0v) is 18.9. The molecule has 10 heteroatoms. The molecule has 0 unspecified atom stereocenters. The number of thiophene rings is 1. The van der Waals surface area contributed by atoms with Crippen LogP contribution in [0.15, 0.2) is 28.2 Å². The average Bonchev–Trinajstić information content (AvgIpc) is 2.95. The quantitative estimate of drug-likeness (QED) is 0.257. The van der Waals surface area contributed by atoms with E-state index in [1.165, 1.54) is 23.5 Å². The van der Waals surface area contributed by atoms with E-state index in [1.807, 2.05) is 27.7 Å². The number of fused-ring (bicyclic) bond motifs is 1. The molecular weight excluding hydrogens is 424 g/mol. The minimum Gasteiger partial charge on any atom is -0.320 e. The van der Waals surface area contributed by atoms with Gasteiger partial charge in [0.15, 0.2) is 5.16 Å². The van der Waals surface area contributed by atoms with Crippen LogP contribution in [0.4, 0.5) is 11.4 Å². The van der Waals surface area contributed by atoms with E-state index in [4.69, 9.17) is 0 Å². The Morgan fingerprint density at radius 1 is 1.33 bits per heavy atom. The van der Waals surface area contributed by atoms with Crippen molar-refractivity contribution in [1.29, 1.82) is 0 Å². The Morgan fingerprint density at radius 2 is 2.03 bits per heavy atom. The SMILES string of the molecule is Cc1ccc(NC(=O)CSc2nc3sc(C)c(C)c3c(=O)n2C(C)C)c([N+](=O)[O-])c1. The van der Waals surface area contributed by atoms with Crippen molar-refractivity contribution in [2.75, 3.05) is 11.1 Å². The summed E-state index contributed by atoms with van der Waals surface area (Å²) in [6.45, 7) is 9.40. The Morgan fingerprint density at radius 3 is 2.67 bits per heavy atom. The Hall–Kier alpha value is -2.72. The van der Waals surface area contributed by atoms with Crippen LogP contribution in [0.3, 0.4) is 0 Å². The van der Waals surface area contributed by atoms with Crippen molar-refractivity contribution < 1.29 is 9.72 Å². The van der Waals surface area contributed by atoms with E-state index in [0.29, 0.717) is 15.4 Å². The molecule has 3 aromatic rings. The second-order valence-corrected chi connectivity index (χ2v) is 9.39. The van der Waals surface area contributed by atoms with Crippen molar-refractivity contribution in [3.05, 3.63) is 54.7 Å². The highest BCUT2D eigenvalue weighted by molar-refractivity contribution is 7.99. The van der Waals surface area contributed by atoms with Gasteiger partial charge >= 0.3 is 0 Å². The van der Waals surface area contributed by atoms with Gasteiger partial charge in [-0.05, 0) is 51.8 Å². The number of aryl methyl sites for hydroxylation is 3. The van der Waals surface area contributed by atoms with Crippen LogP contribution in [0.5, 0.6) is 0 Å². The smallest absolute Gasteiger partial charge is 0.293 e. The van der Waals surface area contributed by atoms with E-state index < -0.39 is 10.8 Å². The van der Waals surface area contributed by atoms with Crippen LogP contribution in [0.25, 0.3) is 10.2 Å². The Bertz CT molecular complexity index is 1210. The summed E-state index contributed by atoms with van der Waals surface area (Å²) in [5.74, 6) is -0.436. The number of rotatable bonds is 6. The van der Waals surface area contributed by atoms with Gasteiger partial charge in [-0.15, -0.1) is 11.3 Å². The van der Waals surface area contributed by atoms with Crippen LogP contribution in [-0.4, -0.2) is 26.1 Å². The normalized spacial score (nSPS) is 11.3. The first kappa shape index (κ1) is 22.0. The summed E-state index contributed by atoms with van der Waals surface area (Å²) in [7, 11) is 0. The van der Waals surface area contributed by atoms with Gasteiger partial charge in [-0.1, -0.05) is 17.8 Å². The second-order valence-electron chi connectivity index (χ2n) is 7.24.